The van der Waals surface area contributed by atoms with Gasteiger partial charge in [0, 0.05) is 16.9 Å². The van der Waals surface area contributed by atoms with Crippen molar-refractivity contribution in [2.75, 3.05) is 12.4 Å². The average molecular weight is 444 g/mol. The number of benzene rings is 2. The van der Waals surface area contributed by atoms with Gasteiger partial charge in [-0.3, -0.25) is 23.5 Å². The number of para-hydroxylation sites is 2. The standard InChI is InChI=1S/C20H18BrN3O4/c1-13-7-8-15(14(21)11-13)22-18(25)12-23-9-10-24(20(27)19(23)26)16-5-3-4-6-17(16)28-2/h3-11H,12H2,1-2H3,(H,22,25). The summed E-state index contributed by atoms with van der Waals surface area (Å²) in [7, 11) is 1.48. The van der Waals surface area contributed by atoms with Gasteiger partial charge in [-0.05, 0) is 52.7 Å². The smallest absolute Gasteiger partial charge is 0.321 e. The highest BCUT2D eigenvalue weighted by Crippen LogP contribution is 2.23. The summed E-state index contributed by atoms with van der Waals surface area (Å²) in [5, 5.41) is 2.72. The fraction of sp³-hybridized carbons (Fsp3) is 0.150. The van der Waals surface area contributed by atoms with Crippen LogP contribution < -0.4 is 21.2 Å². The van der Waals surface area contributed by atoms with Crippen molar-refractivity contribution in [3.05, 3.63) is 85.6 Å². The predicted molar refractivity (Wildman–Crippen MR) is 110 cm³/mol. The molecular formula is C20H18BrN3O4. The molecule has 0 unspecified atom stereocenters. The highest BCUT2D eigenvalue weighted by Gasteiger charge is 2.13. The summed E-state index contributed by atoms with van der Waals surface area (Å²) < 4.78 is 8.25. The van der Waals surface area contributed by atoms with Crippen LogP contribution in [0.4, 0.5) is 5.69 Å². The van der Waals surface area contributed by atoms with Gasteiger partial charge in [0.15, 0.2) is 0 Å². The van der Waals surface area contributed by atoms with E-state index in [0.29, 0.717) is 17.1 Å². The molecule has 3 aromatic rings. The second kappa shape index (κ2) is 8.26. The summed E-state index contributed by atoms with van der Waals surface area (Å²) in [6.45, 7) is 1.66. The Morgan fingerprint density at radius 3 is 2.57 bits per heavy atom. The van der Waals surface area contributed by atoms with E-state index in [1.54, 1.807) is 30.3 Å². The maximum atomic E-state index is 12.5. The van der Waals surface area contributed by atoms with E-state index in [9.17, 15) is 14.4 Å². The second-order valence-electron chi connectivity index (χ2n) is 6.11. The van der Waals surface area contributed by atoms with Gasteiger partial charge in [-0.25, -0.2) is 0 Å². The van der Waals surface area contributed by atoms with E-state index in [1.807, 2.05) is 19.1 Å². The normalized spacial score (nSPS) is 10.5. The molecule has 0 atom stereocenters. The minimum atomic E-state index is -0.800. The monoisotopic (exact) mass is 443 g/mol. The molecule has 2 aromatic carbocycles. The Balaban J connectivity index is 1.86. The summed E-state index contributed by atoms with van der Waals surface area (Å²) >= 11 is 3.39. The fourth-order valence-corrected chi connectivity index (χ4v) is 3.31. The maximum Gasteiger partial charge on any atom is 0.321 e. The molecule has 0 aliphatic heterocycles. The van der Waals surface area contributed by atoms with Crippen LogP contribution in [0.5, 0.6) is 5.75 Å². The number of aromatic nitrogens is 2. The molecule has 1 aromatic heterocycles. The Kier molecular flexibility index (Phi) is 5.79. The summed E-state index contributed by atoms with van der Waals surface area (Å²) in [5.41, 5.74) is 0.516. The van der Waals surface area contributed by atoms with E-state index in [1.165, 1.54) is 24.1 Å². The number of anilines is 1. The molecular weight excluding hydrogens is 426 g/mol. The van der Waals surface area contributed by atoms with Crippen molar-refractivity contribution in [1.82, 2.24) is 9.13 Å². The Morgan fingerprint density at radius 2 is 1.86 bits per heavy atom. The Hall–Kier alpha value is -3.13. The highest BCUT2D eigenvalue weighted by atomic mass is 79.9. The zero-order valence-electron chi connectivity index (χ0n) is 15.3. The number of amides is 1. The maximum absolute atomic E-state index is 12.5. The van der Waals surface area contributed by atoms with Crippen LogP contribution in [0.3, 0.4) is 0 Å². The zero-order chi connectivity index (χ0) is 20.3. The molecule has 0 bridgehead atoms. The van der Waals surface area contributed by atoms with Crippen molar-refractivity contribution in [1.29, 1.82) is 0 Å². The van der Waals surface area contributed by atoms with Gasteiger partial charge in [0.25, 0.3) is 0 Å². The van der Waals surface area contributed by atoms with Crippen LogP contribution in [0.1, 0.15) is 5.56 Å². The molecule has 0 saturated carbocycles. The largest absolute Gasteiger partial charge is 0.495 e. The third-order valence-corrected chi connectivity index (χ3v) is 4.77. The number of halogens is 1. The molecule has 0 saturated heterocycles. The van der Waals surface area contributed by atoms with E-state index in [2.05, 4.69) is 21.2 Å². The second-order valence-corrected chi connectivity index (χ2v) is 6.96. The first-order valence-corrected chi connectivity index (χ1v) is 9.21. The van der Waals surface area contributed by atoms with Crippen molar-refractivity contribution >= 4 is 27.5 Å². The van der Waals surface area contributed by atoms with Crippen molar-refractivity contribution < 1.29 is 9.53 Å². The van der Waals surface area contributed by atoms with Crippen LogP contribution in [-0.2, 0) is 11.3 Å². The number of ether oxygens (including phenoxy) is 1. The average Bonchev–Trinajstić information content (AvgIpc) is 2.68. The Bertz CT molecular complexity index is 1150. The molecule has 8 heteroatoms. The summed E-state index contributed by atoms with van der Waals surface area (Å²) in [6.07, 6.45) is 2.84. The van der Waals surface area contributed by atoms with Crippen LogP contribution >= 0.6 is 15.9 Å². The lowest BCUT2D eigenvalue weighted by atomic mass is 10.2. The van der Waals surface area contributed by atoms with Gasteiger partial charge in [-0.2, -0.15) is 0 Å². The number of carbonyl (C=O) groups excluding carboxylic acids is 1. The van der Waals surface area contributed by atoms with E-state index in [-0.39, 0.29) is 6.54 Å². The van der Waals surface area contributed by atoms with Gasteiger partial charge in [-0.1, -0.05) is 18.2 Å². The SMILES string of the molecule is COc1ccccc1-n1ccn(CC(=O)Nc2ccc(C)cc2Br)c(=O)c1=O. The number of carbonyl (C=O) groups is 1. The van der Waals surface area contributed by atoms with Crippen LogP contribution in [0.25, 0.3) is 5.69 Å². The van der Waals surface area contributed by atoms with Gasteiger partial charge in [0.2, 0.25) is 5.91 Å². The van der Waals surface area contributed by atoms with Gasteiger partial charge >= 0.3 is 11.1 Å². The molecule has 28 heavy (non-hydrogen) atoms. The molecule has 0 spiro atoms. The molecule has 0 fully saturated rings. The number of hydrogen-bond acceptors (Lipinski definition) is 4. The lowest BCUT2D eigenvalue weighted by molar-refractivity contribution is -0.116. The molecule has 0 radical (unpaired) electrons. The minimum Gasteiger partial charge on any atom is -0.495 e. The van der Waals surface area contributed by atoms with E-state index >= 15 is 0 Å². The summed E-state index contributed by atoms with van der Waals surface area (Å²) in [6, 6.07) is 12.4. The number of nitrogens with one attached hydrogen (secondary N) is 1. The number of methoxy groups -OCH3 is 1. The molecule has 1 heterocycles. The molecule has 1 N–H and O–H groups in total. The lowest BCUT2D eigenvalue weighted by Gasteiger charge is -2.12. The Morgan fingerprint density at radius 1 is 1.11 bits per heavy atom. The molecule has 0 aliphatic carbocycles. The lowest BCUT2D eigenvalue weighted by Crippen LogP contribution is -2.41. The molecule has 3 rings (SSSR count). The van der Waals surface area contributed by atoms with Crippen molar-refractivity contribution in [3.8, 4) is 11.4 Å². The molecule has 0 aliphatic rings. The fourth-order valence-electron chi connectivity index (χ4n) is 2.72. The van der Waals surface area contributed by atoms with Crippen molar-refractivity contribution in [2.45, 2.75) is 13.5 Å². The first-order valence-electron chi connectivity index (χ1n) is 8.42. The van der Waals surface area contributed by atoms with Crippen LogP contribution in [0, 0.1) is 6.92 Å². The zero-order valence-corrected chi connectivity index (χ0v) is 16.9. The van der Waals surface area contributed by atoms with E-state index in [0.717, 1.165) is 14.6 Å². The molecule has 144 valence electrons. The van der Waals surface area contributed by atoms with E-state index < -0.39 is 17.0 Å². The van der Waals surface area contributed by atoms with Gasteiger partial charge in [0.1, 0.15) is 12.3 Å². The van der Waals surface area contributed by atoms with Gasteiger partial charge < -0.3 is 10.1 Å². The number of rotatable bonds is 5. The van der Waals surface area contributed by atoms with E-state index in [4.69, 9.17) is 4.74 Å². The van der Waals surface area contributed by atoms with Crippen LogP contribution in [0.2, 0.25) is 0 Å². The highest BCUT2D eigenvalue weighted by molar-refractivity contribution is 9.10. The Labute approximate surface area is 169 Å². The minimum absolute atomic E-state index is 0.277. The summed E-state index contributed by atoms with van der Waals surface area (Å²) in [4.78, 5) is 37.3. The van der Waals surface area contributed by atoms with Crippen LogP contribution in [-0.4, -0.2) is 22.2 Å². The molecule has 1 amide bonds. The third-order valence-electron chi connectivity index (χ3n) is 4.12. The topological polar surface area (TPSA) is 82.3 Å². The number of nitrogens with zero attached hydrogens (tertiary/aromatic N) is 2. The number of hydrogen-bond donors (Lipinski definition) is 1. The summed E-state index contributed by atoms with van der Waals surface area (Å²) in [5.74, 6) is 0.0461. The first kappa shape index (κ1) is 19.6. The predicted octanol–water partition coefficient (Wildman–Crippen LogP) is 2.72. The van der Waals surface area contributed by atoms with Gasteiger partial charge in [0.05, 0.1) is 18.5 Å². The first-order chi connectivity index (χ1) is 13.4. The van der Waals surface area contributed by atoms with Crippen molar-refractivity contribution in [2.24, 2.45) is 0 Å². The van der Waals surface area contributed by atoms with Crippen molar-refractivity contribution in [3.63, 3.8) is 0 Å². The van der Waals surface area contributed by atoms with Crippen LogP contribution in [0.15, 0.2) is 68.9 Å². The third kappa shape index (κ3) is 4.07. The molecule has 7 nitrogen and oxygen atoms in total. The van der Waals surface area contributed by atoms with Gasteiger partial charge in [-0.15, -0.1) is 0 Å². The quantitative estimate of drug-likeness (QED) is 0.614. The number of aryl methyl sites for hydroxylation is 1.